The molecule has 8 nitrogen and oxygen atoms in total. The fraction of sp³-hybridized carbons (Fsp3) is 0.500. The van der Waals surface area contributed by atoms with Gasteiger partial charge in [-0.25, -0.2) is 9.97 Å². The third-order valence-corrected chi connectivity index (χ3v) is 7.35. The van der Waals surface area contributed by atoms with Gasteiger partial charge in [0.15, 0.2) is 0 Å². The number of anilines is 1. The van der Waals surface area contributed by atoms with Crippen molar-refractivity contribution in [3.63, 3.8) is 0 Å². The van der Waals surface area contributed by atoms with Crippen molar-refractivity contribution >= 4 is 29.2 Å². The van der Waals surface area contributed by atoms with E-state index < -0.39 is 12.0 Å². The minimum Gasteiger partial charge on any atom is -0.387 e. The number of hydrogen-bond donors (Lipinski definition) is 2. The zero-order chi connectivity index (χ0) is 23.1. The van der Waals surface area contributed by atoms with Gasteiger partial charge in [0.1, 0.15) is 12.1 Å². The fourth-order valence-electron chi connectivity index (χ4n) is 5.39. The molecule has 0 spiro atoms. The van der Waals surface area contributed by atoms with Crippen molar-refractivity contribution in [2.45, 2.75) is 50.2 Å². The van der Waals surface area contributed by atoms with E-state index in [1.54, 1.807) is 12.1 Å². The van der Waals surface area contributed by atoms with Gasteiger partial charge in [0.05, 0.1) is 17.7 Å². The van der Waals surface area contributed by atoms with Crippen molar-refractivity contribution in [1.29, 1.82) is 0 Å². The topological polar surface area (TPSA) is 98.7 Å². The summed E-state index contributed by atoms with van der Waals surface area (Å²) >= 11 is 6.06. The highest BCUT2D eigenvalue weighted by Gasteiger charge is 2.39. The second kappa shape index (κ2) is 8.91. The number of aliphatic hydroxyl groups is 1. The minimum atomic E-state index is -0.540. The molecule has 0 bridgehead atoms. The Bertz CT molecular complexity index is 1050. The number of hydrogen-bond acceptors (Lipinski definition) is 6. The average Bonchev–Trinajstić information content (AvgIpc) is 3.37. The van der Waals surface area contributed by atoms with Crippen molar-refractivity contribution in [1.82, 2.24) is 20.2 Å². The van der Waals surface area contributed by atoms with E-state index in [9.17, 15) is 14.7 Å². The number of nitrogens with one attached hydrogen (secondary N) is 1. The van der Waals surface area contributed by atoms with Crippen molar-refractivity contribution in [2.24, 2.45) is 0 Å². The summed E-state index contributed by atoms with van der Waals surface area (Å²) in [5.41, 5.74) is 2.62. The molecule has 2 amide bonds. The maximum absolute atomic E-state index is 13.7. The Morgan fingerprint density at radius 2 is 1.91 bits per heavy atom. The maximum atomic E-state index is 13.7. The molecule has 1 aromatic heterocycles. The number of fused-ring (bicyclic) bond motifs is 1. The van der Waals surface area contributed by atoms with E-state index in [4.69, 9.17) is 11.6 Å². The van der Waals surface area contributed by atoms with Crippen molar-refractivity contribution < 1.29 is 14.7 Å². The van der Waals surface area contributed by atoms with Gasteiger partial charge in [0, 0.05) is 49.2 Å². The number of aromatic nitrogens is 2. The first kappa shape index (κ1) is 22.1. The molecule has 33 heavy (non-hydrogen) atoms. The second-order valence-corrected chi connectivity index (χ2v) is 9.64. The van der Waals surface area contributed by atoms with Gasteiger partial charge in [-0.05, 0) is 36.5 Å². The van der Waals surface area contributed by atoms with Gasteiger partial charge in [-0.3, -0.25) is 9.59 Å². The van der Waals surface area contributed by atoms with Gasteiger partial charge in [0.25, 0.3) is 0 Å². The summed E-state index contributed by atoms with van der Waals surface area (Å²) in [4.78, 5) is 38.5. The molecule has 3 aliphatic rings. The lowest BCUT2D eigenvalue weighted by atomic mass is 9.89. The molecule has 5 rings (SSSR count). The summed E-state index contributed by atoms with van der Waals surface area (Å²) in [5, 5.41) is 13.9. The molecule has 1 aliphatic carbocycles. The molecule has 2 aliphatic heterocycles. The number of carbonyl (C=O) groups is 2. The average molecular weight is 470 g/mol. The largest absolute Gasteiger partial charge is 0.387 e. The highest BCUT2D eigenvalue weighted by molar-refractivity contribution is 6.30. The van der Waals surface area contributed by atoms with Gasteiger partial charge >= 0.3 is 0 Å². The van der Waals surface area contributed by atoms with Crippen LogP contribution in [0.4, 0.5) is 5.82 Å². The Balaban J connectivity index is 1.33. The molecule has 2 N–H and O–H groups in total. The third kappa shape index (κ3) is 4.17. The maximum Gasteiger partial charge on any atom is 0.232 e. The lowest BCUT2D eigenvalue weighted by molar-refractivity contribution is -0.133. The van der Waals surface area contributed by atoms with Gasteiger partial charge < -0.3 is 20.2 Å². The Morgan fingerprint density at radius 3 is 2.58 bits per heavy atom. The van der Waals surface area contributed by atoms with E-state index in [1.807, 2.05) is 17.0 Å². The van der Waals surface area contributed by atoms with Gasteiger partial charge in [0.2, 0.25) is 11.8 Å². The van der Waals surface area contributed by atoms with E-state index in [2.05, 4.69) is 27.1 Å². The van der Waals surface area contributed by atoms with Gasteiger partial charge in [-0.1, -0.05) is 30.7 Å². The second-order valence-electron chi connectivity index (χ2n) is 9.20. The van der Waals surface area contributed by atoms with Crippen LogP contribution in [0.5, 0.6) is 0 Å². The number of benzene rings is 1. The zero-order valence-corrected chi connectivity index (χ0v) is 19.3. The summed E-state index contributed by atoms with van der Waals surface area (Å²) in [6.07, 6.45) is 2.73. The Kier molecular flexibility index (Phi) is 5.97. The first-order valence-corrected chi connectivity index (χ1v) is 11.9. The Morgan fingerprint density at radius 1 is 1.18 bits per heavy atom. The first-order valence-electron chi connectivity index (χ1n) is 11.5. The predicted octanol–water partition coefficient (Wildman–Crippen LogP) is 2.38. The van der Waals surface area contributed by atoms with Crippen molar-refractivity contribution in [2.75, 3.05) is 31.1 Å². The van der Waals surface area contributed by atoms with Crippen LogP contribution in [-0.4, -0.2) is 64.0 Å². The molecular formula is C24H28ClN5O3. The quantitative estimate of drug-likeness (QED) is 0.713. The lowest BCUT2D eigenvalue weighted by Gasteiger charge is -2.38. The third-order valence-electron chi connectivity index (χ3n) is 7.10. The number of amides is 2. The van der Waals surface area contributed by atoms with Crippen molar-refractivity contribution in [3.05, 3.63) is 52.4 Å². The van der Waals surface area contributed by atoms with Crippen LogP contribution in [0.2, 0.25) is 5.02 Å². The molecule has 3 heterocycles. The summed E-state index contributed by atoms with van der Waals surface area (Å²) in [7, 11) is 0. The molecule has 0 radical (unpaired) electrons. The van der Waals surface area contributed by atoms with Crippen LogP contribution < -0.4 is 10.2 Å². The van der Waals surface area contributed by atoms with Crippen LogP contribution in [0.25, 0.3) is 0 Å². The standard InChI is InChI=1S/C24H28ClN5O3/c1-14-12-18(31)22-20(14)23(27-13-26-22)29-8-10-30(11-9-29)24(33)21(17-6-7-19(32)28-17)15-2-4-16(25)5-3-15/h2-5,13-14,17-18,21,31H,6-12H2,1H3,(H,28,32)/t14-,17+,18-,21+/m1/s1. The lowest BCUT2D eigenvalue weighted by Crippen LogP contribution is -2.52. The SMILES string of the molecule is C[C@@H]1C[C@@H](O)c2ncnc(N3CCN(C(=O)[C@@H](c4ccc(Cl)cc4)[C@@H]4CCC(=O)N4)CC3)c21. The molecule has 174 valence electrons. The number of nitrogens with zero attached hydrogens (tertiary/aromatic N) is 4. The molecule has 0 unspecified atom stereocenters. The molecule has 1 aromatic carbocycles. The predicted molar refractivity (Wildman–Crippen MR) is 124 cm³/mol. The van der Waals surface area contributed by atoms with Gasteiger partial charge in [-0.2, -0.15) is 0 Å². The van der Waals surface area contributed by atoms with E-state index in [1.165, 1.54) is 6.33 Å². The zero-order valence-electron chi connectivity index (χ0n) is 18.6. The molecule has 4 atom stereocenters. The number of aliphatic hydroxyl groups excluding tert-OH is 1. The highest BCUT2D eigenvalue weighted by Crippen LogP contribution is 2.43. The monoisotopic (exact) mass is 469 g/mol. The van der Waals surface area contributed by atoms with E-state index >= 15 is 0 Å². The van der Waals surface area contributed by atoms with Crippen LogP contribution in [0.1, 0.15) is 60.9 Å². The van der Waals surface area contributed by atoms with E-state index in [0.717, 1.165) is 22.6 Å². The number of rotatable bonds is 4. The molecule has 2 saturated heterocycles. The normalized spacial score (nSPS) is 25.7. The smallest absolute Gasteiger partial charge is 0.232 e. The van der Waals surface area contributed by atoms with Crippen LogP contribution in [-0.2, 0) is 9.59 Å². The molecule has 2 aromatic rings. The minimum absolute atomic E-state index is 0.00879. The fourth-order valence-corrected chi connectivity index (χ4v) is 5.52. The van der Waals surface area contributed by atoms with Crippen LogP contribution in [0, 0.1) is 0 Å². The summed E-state index contributed by atoms with van der Waals surface area (Å²) < 4.78 is 0. The number of carbonyl (C=O) groups excluding carboxylic acids is 2. The highest BCUT2D eigenvalue weighted by atomic mass is 35.5. The van der Waals surface area contributed by atoms with Crippen molar-refractivity contribution in [3.8, 4) is 0 Å². The molecule has 0 saturated carbocycles. The molecule has 2 fully saturated rings. The Hall–Kier alpha value is -2.71. The molecular weight excluding hydrogens is 442 g/mol. The van der Waals surface area contributed by atoms with Crippen LogP contribution in [0.15, 0.2) is 30.6 Å². The van der Waals surface area contributed by atoms with Crippen LogP contribution in [0.3, 0.4) is 0 Å². The summed E-state index contributed by atoms with van der Waals surface area (Å²) in [5.74, 6) is 0.657. The first-order chi connectivity index (χ1) is 15.9. The van der Waals surface area contributed by atoms with E-state index in [-0.39, 0.29) is 23.8 Å². The van der Waals surface area contributed by atoms with E-state index in [0.29, 0.717) is 50.5 Å². The summed E-state index contributed by atoms with van der Waals surface area (Å²) in [6, 6.07) is 7.12. The van der Waals surface area contributed by atoms with Gasteiger partial charge in [-0.15, -0.1) is 0 Å². The number of halogens is 1. The molecule has 9 heteroatoms. The Labute approximate surface area is 198 Å². The number of piperazine rings is 1. The summed E-state index contributed by atoms with van der Waals surface area (Å²) in [6.45, 7) is 4.54. The van der Waals surface area contributed by atoms with Crippen LogP contribution >= 0.6 is 11.6 Å².